The molecule has 1 heterocycles. The molecule has 0 spiro atoms. The Balaban J connectivity index is 1.66. The first-order valence-electron chi connectivity index (χ1n) is 12.1. The predicted molar refractivity (Wildman–Crippen MR) is 129 cm³/mol. The summed E-state index contributed by atoms with van der Waals surface area (Å²) in [4.78, 5) is 28.5. The van der Waals surface area contributed by atoms with Crippen LogP contribution >= 0.6 is 11.6 Å². The van der Waals surface area contributed by atoms with E-state index in [0.717, 1.165) is 31.4 Å². The van der Waals surface area contributed by atoms with Crippen LogP contribution in [0, 0.1) is 5.92 Å². The third kappa shape index (κ3) is 6.24. The first-order valence-corrected chi connectivity index (χ1v) is 12.5. The van der Waals surface area contributed by atoms with Crippen LogP contribution in [-0.2, 0) is 16.0 Å². The van der Waals surface area contributed by atoms with Gasteiger partial charge in [-0.25, -0.2) is 15.1 Å². The average molecular weight is 463 g/mol. The Morgan fingerprint density at radius 2 is 1.69 bits per heavy atom. The zero-order chi connectivity index (χ0) is 23.3. The zero-order valence-corrected chi connectivity index (χ0v) is 20.9. The van der Waals surface area contributed by atoms with Gasteiger partial charge in [-0.05, 0) is 43.4 Å². The summed E-state index contributed by atoms with van der Waals surface area (Å²) >= 11 is 5.97. The molecule has 2 aliphatic rings. The molecule has 1 saturated carbocycles. The van der Waals surface area contributed by atoms with Gasteiger partial charge in [0.25, 0.3) is 5.91 Å². The summed E-state index contributed by atoms with van der Waals surface area (Å²) in [5.41, 5.74) is 1.10. The SMILES string of the molecule is CC(C)C(=O)N(C1CCCCC1)[C@H]1CCN(N(C(=O)CCc2ccc(Cl)cc2)N(C)C)C1. The molecule has 1 aliphatic heterocycles. The third-order valence-corrected chi connectivity index (χ3v) is 6.91. The van der Waals surface area contributed by atoms with Crippen molar-refractivity contribution in [2.45, 2.75) is 77.3 Å². The van der Waals surface area contributed by atoms with Crippen LogP contribution in [0.4, 0.5) is 0 Å². The van der Waals surface area contributed by atoms with E-state index in [2.05, 4.69) is 9.91 Å². The maximum atomic E-state index is 13.2. The molecule has 0 bridgehead atoms. The topological polar surface area (TPSA) is 47.1 Å². The second kappa shape index (κ2) is 11.5. The number of hydrogen-bond acceptors (Lipinski definition) is 4. The Hall–Kier alpha value is -1.63. The number of hydrazine groups is 2. The average Bonchev–Trinajstić information content (AvgIpc) is 3.22. The summed E-state index contributed by atoms with van der Waals surface area (Å²) in [5, 5.41) is 6.46. The number of rotatable bonds is 8. The Morgan fingerprint density at radius 3 is 2.28 bits per heavy atom. The zero-order valence-electron chi connectivity index (χ0n) is 20.1. The molecule has 178 valence electrons. The van der Waals surface area contributed by atoms with Crippen molar-refractivity contribution in [3.8, 4) is 0 Å². The molecular formula is C25H39ClN4O2. The lowest BCUT2D eigenvalue weighted by Crippen LogP contribution is -2.55. The van der Waals surface area contributed by atoms with Gasteiger partial charge in [0.05, 0.1) is 0 Å². The van der Waals surface area contributed by atoms with Crippen molar-refractivity contribution < 1.29 is 9.59 Å². The van der Waals surface area contributed by atoms with Gasteiger partial charge in [0.1, 0.15) is 0 Å². The van der Waals surface area contributed by atoms with Gasteiger partial charge < -0.3 is 4.90 Å². The molecule has 2 amide bonds. The molecule has 2 fully saturated rings. The van der Waals surface area contributed by atoms with Gasteiger partial charge in [-0.3, -0.25) is 9.59 Å². The summed E-state index contributed by atoms with van der Waals surface area (Å²) < 4.78 is 0. The highest BCUT2D eigenvalue weighted by molar-refractivity contribution is 6.30. The van der Waals surface area contributed by atoms with Crippen molar-refractivity contribution in [2.75, 3.05) is 27.2 Å². The lowest BCUT2D eigenvalue weighted by atomic mass is 9.92. The van der Waals surface area contributed by atoms with E-state index in [-0.39, 0.29) is 23.8 Å². The highest BCUT2D eigenvalue weighted by Crippen LogP contribution is 2.29. The predicted octanol–water partition coefficient (Wildman–Crippen LogP) is 4.38. The summed E-state index contributed by atoms with van der Waals surface area (Å²) in [6.45, 7) is 5.48. The van der Waals surface area contributed by atoms with E-state index in [1.807, 2.05) is 57.2 Å². The molecule has 1 aromatic rings. The standard InChI is InChI=1S/C25H39ClN4O2/c1-19(2)25(32)29(22-8-6-5-7-9-22)23-16-17-28(18-23)30(27(3)4)24(31)15-12-20-10-13-21(26)14-11-20/h10-11,13-14,19,22-23H,5-9,12,15-18H2,1-4H3/t23-/m0/s1. The fourth-order valence-corrected chi connectivity index (χ4v) is 5.20. The molecule has 1 atom stereocenters. The first kappa shape index (κ1) is 25.0. The van der Waals surface area contributed by atoms with Gasteiger partial charge in [-0.1, -0.05) is 56.8 Å². The lowest BCUT2D eigenvalue weighted by Gasteiger charge is -2.41. The summed E-state index contributed by atoms with van der Waals surface area (Å²) in [7, 11) is 3.82. The summed E-state index contributed by atoms with van der Waals surface area (Å²) in [6.07, 6.45) is 7.90. The molecule has 32 heavy (non-hydrogen) atoms. The van der Waals surface area contributed by atoms with Crippen LogP contribution in [0.5, 0.6) is 0 Å². The lowest BCUT2D eigenvalue weighted by molar-refractivity contribution is -0.184. The monoisotopic (exact) mass is 462 g/mol. The second-order valence-corrected chi connectivity index (χ2v) is 10.1. The molecule has 7 heteroatoms. The number of halogens is 1. The number of amides is 2. The third-order valence-electron chi connectivity index (χ3n) is 6.66. The van der Waals surface area contributed by atoms with Crippen LogP contribution in [0.1, 0.15) is 64.4 Å². The maximum absolute atomic E-state index is 13.2. The summed E-state index contributed by atoms with van der Waals surface area (Å²) in [6, 6.07) is 8.18. The minimum absolute atomic E-state index is 0.00284. The van der Waals surface area contributed by atoms with Crippen molar-refractivity contribution in [1.29, 1.82) is 0 Å². The quantitative estimate of drug-likeness (QED) is 0.538. The van der Waals surface area contributed by atoms with E-state index >= 15 is 0 Å². The Kier molecular flexibility index (Phi) is 8.97. The van der Waals surface area contributed by atoms with Gasteiger partial charge in [0.2, 0.25) is 5.91 Å². The van der Waals surface area contributed by atoms with Crippen LogP contribution in [0.15, 0.2) is 24.3 Å². The molecule has 1 aromatic carbocycles. The number of nitrogens with zero attached hydrogens (tertiary/aromatic N) is 4. The van der Waals surface area contributed by atoms with E-state index < -0.39 is 0 Å². The van der Waals surface area contributed by atoms with Gasteiger partial charge >= 0.3 is 0 Å². The van der Waals surface area contributed by atoms with E-state index in [1.54, 1.807) is 5.12 Å². The second-order valence-electron chi connectivity index (χ2n) is 9.70. The number of aryl methyl sites for hydroxylation is 1. The molecule has 0 unspecified atom stereocenters. The molecule has 6 nitrogen and oxygen atoms in total. The minimum Gasteiger partial charge on any atom is -0.335 e. The normalized spacial score (nSPS) is 20.2. The highest BCUT2D eigenvalue weighted by atomic mass is 35.5. The molecule has 1 saturated heterocycles. The smallest absolute Gasteiger partial charge is 0.252 e. The molecular weight excluding hydrogens is 424 g/mol. The van der Waals surface area contributed by atoms with Crippen LogP contribution in [0.25, 0.3) is 0 Å². The highest BCUT2D eigenvalue weighted by Gasteiger charge is 2.39. The molecule has 1 aliphatic carbocycles. The molecule has 3 rings (SSSR count). The van der Waals surface area contributed by atoms with Crippen molar-refractivity contribution in [1.82, 2.24) is 20.0 Å². The first-order chi connectivity index (χ1) is 15.3. The number of carbonyl (C=O) groups is 2. The van der Waals surface area contributed by atoms with Gasteiger partial charge in [-0.2, -0.15) is 0 Å². The largest absolute Gasteiger partial charge is 0.335 e. The molecule has 0 radical (unpaired) electrons. The van der Waals surface area contributed by atoms with E-state index in [4.69, 9.17) is 11.6 Å². The van der Waals surface area contributed by atoms with Gasteiger partial charge in [-0.15, -0.1) is 0 Å². The van der Waals surface area contributed by atoms with Crippen LogP contribution in [-0.4, -0.2) is 71.1 Å². The van der Waals surface area contributed by atoms with Crippen molar-refractivity contribution in [2.24, 2.45) is 5.92 Å². The van der Waals surface area contributed by atoms with Crippen molar-refractivity contribution in [3.05, 3.63) is 34.9 Å². The summed E-state index contributed by atoms with van der Waals surface area (Å²) in [5.74, 6) is 0.330. The van der Waals surface area contributed by atoms with E-state index in [9.17, 15) is 9.59 Å². The Bertz CT molecular complexity index is 762. The molecule has 0 N–H and O–H groups in total. The fourth-order valence-electron chi connectivity index (χ4n) is 5.07. The van der Waals surface area contributed by atoms with Crippen LogP contribution in [0.2, 0.25) is 5.02 Å². The number of hydrogen-bond donors (Lipinski definition) is 0. The Morgan fingerprint density at radius 1 is 1.03 bits per heavy atom. The van der Waals surface area contributed by atoms with Crippen LogP contribution < -0.4 is 0 Å². The maximum Gasteiger partial charge on any atom is 0.252 e. The Labute approximate surface area is 198 Å². The van der Waals surface area contributed by atoms with Crippen molar-refractivity contribution in [3.63, 3.8) is 0 Å². The van der Waals surface area contributed by atoms with E-state index in [0.29, 0.717) is 30.5 Å². The minimum atomic E-state index is -0.00284. The number of carbonyl (C=O) groups excluding carboxylic acids is 2. The van der Waals surface area contributed by atoms with Crippen molar-refractivity contribution >= 4 is 23.4 Å². The fraction of sp³-hybridized carbons (Fsp3) is 0.680. The van der Waals surface area contributed by atoms with Crippen LogP contribution in [0.3, 0.4) is 0 Å². The van der Waals surface area contributed by atoms with Gasteiger partial charge in [0.15, 0.2) is 0 Å². The van der Waals surface area contributed by atoms with E-state index in [1.165, 1.54) is 19.3 Å². The number of benzene rings is 1. The van der Waals surface area contributed by atoms with Gasteiger partial charge in [0, 0.05) is 56.6 Å². The molecule has 0 aromatic heterocycles.